The third-order valence-corrected chi connectivity index (χ3v) is 4.90. The largest absolute Gasteiger partial charge is 0.383 e. The van der Waals surface area contributed by atoms with Crippen LogP contribution >= 0.6 is 0 Å². The van der Waals surface area contributed by atoms with Crippen molar-refractivity contribution >= 4 is 0 Å². The summed E-state index contributed by atoms with van der Waals surface area (Å²) < 4.78 is 5.30. The summed E-state index contributed by atoms with van der Waals surface area (Å²) in [6, 6.07) is 0.854. The molecule has 20 heavy (non-hydrogen) atoms. The first kappa shape index (κ1) is 16.3. The highest BCUT2D eigenvalue weighted by Crippen LogP contribution is 2.40. The zero-order valence-corrected chi connectivity index (χ0v) is 13.8. The van der Waals surface area contributed by atoms with Gasteiger partial charge in [-0.1, -0.05) is 26.7 Å². The molecule has 2 fully saturated rings. The number of nitrogens with one attached hydrogen (secondary N) is 1. The molecule has 0 amide bonds. The van der Waals surface area contributed by atoms with E-state index in [2.05, 4.69) is 24.1 Å². The van der Waals surface area contributed by atoms with Gasteiger partial charge in [0.15, 0.2) is 0 Å². The van der Waals surface area contributed by atoms with Gasteiger partial charge >= 0.3 is 0 Å². The molecule has 2 aliphatic rings. The molecule has 3 nitrogen and oxygen atoms in total. The molecule has 0 saturated heterocycles. The monoisotopic (exact) mass is 282 g/mol. The van der Waals surface area contributed by atoms with Gasteiger partial charge in [-0.15, -0.1) is 0 Å². The predicted molar refractivity (Wildman–Crippen MR) is 85.1 cm³/mol. The van der Waals surface area contributed by atoms with E-state index in [-0.39, 0.29) is 0 Å². The first-order valence-electron chi connectivity index (χ1n) is 8.59. The van der Waals surface area contributed by atoms with Gasteiger partial charge in [-0.2, -0.15) is 0 Å². The summed E-state index contributed by atoms with van der Waals surface area (Å²) in [6.45, 7) is 10.2. The third kappa shape index (κ3) is 5.01. The van der Waals surface area contributed by atoms with Crippen molar-refractivity contribution in [2.45, 2.75) is 58.4 Å². The van der Waals surface area contributed by atoms with Gasteiger partial charge in [0.05, 0.1) is 6.61 Å². The topological polar surface area (TPSA) is 24.5 Å². The van der Waals surface area contributed by atoms with Gasteiger partial charge in [0.2, 0.25) is 0 Å². The molecular weight excluding hydrogens is 248 g/mol. The minimum Gasteiger partial charge on any atom is -0.383 e. The van der Waals surface area contributed by atoms with Gasteiger partial charge in [-0.3, -0.25) is 4.90 Å². The highest BCUT2D eigenvalue weighted by Gasteiger charge is 2.39. The predicted octanol–water partition coefficient (Wildman–Crippen LogP) is 2.90. The Hall–Kier alpha value is -0.120. The molecule has 0 aromatic rings. The second-order valence-electron chi connectivity index (χ2n) is 7.43. The lowest BCUT2D eigenvalue weighted by molar-refractivity contribution is 0.0996. The van der Waals surface area contributed by atoms with Crippen molar-refractivity contribution in [3.63, 3.8) is 0 Å². The molecule has 2 rings (SSSR count). The maximum atomic E-state index is 5.30. The SMILES string of the molecule is COCCN(CC1(CNCC(C)C)CCCC1)C1CC1. The summed E-state index contributed by atoms with van der Waals surface area (Å²) in [5.74, 6) is 0.751. The maximum Gasteiger partial charge on any atom is 0.0589 e. The fourth-order valence-corrected chi connectivity index (χ4v) is 3.61. The number of hydrogen-bond acceptors (Lipinski definition) is 3. The molecule has 0 bridgehead atoms. The fraction of sp³-hybridized carbons (Fsp3) is 1.00. The van der Waals surface area contributed by atoms with Crippen LogP contribution in [-0.2, 0) is 4.74 Å². The molecule has 2 saturated carbocycles. The molecule has 0 aromatic heterocycles. The van der Waals surface area contributed by atoms with E-state index in [1.165, 1.54) is 51.6 Å². The lowest BCUT2D eigenvalue weighted by Gasteiger charge is -2.36. The molecule has 2 aliphatic carbocycles. The van der Waals surface area contributed by atoms with Crippen LogP contribution in [0, 0.1) is 11.3 Å². The summed E-state index contributed by atoms with van der Waals surface area (Å²) in [4.78, 5) is 2.71. The van der Waals surface area contributed by atoms with Crippen LogP contribution in [0.3, 0.4) is 0 Å². The van der Waals surface area contributed by atoms with E-state index in [4.69, 9.17) is 4.74 Å². The van der Waals surface area contributed by atoms with Crippen molar-refractivity contribution in [1.82, 2.24) is 10.2 Å². The van der Waals surface area contributed by atoms with Gasteiger partial charge in [-0.05, 0) is 43.6 Å². The fourth-order valence-electron chi connectivity index (χ4n) is 3.61. The molecule has 0 atom stereocenters. The van der Waals surface area contributed by atoms with Crippen LogP contribution in [0.5, 0.6) is 0 Å². The van der Waals surface area contributed by atoms with Crippen LogP contribution in [0.15, 0.2) is 0 Å². The molecule has 0 unspecified atom stereocenters. The summed E-state index contributed by atoms with van der Waals surface area (Å²) >= 11 is 0. The lowest BCUT2D eigenvalue weighted by atomic mass is 9.85. The zero-order chi connectivity index (χ0) is 14.4. The lowest BCUT2D eigenvalue weighted by Crippen LogP contribution is -2.45. The Morgan fingerprint density at radius 3 is 2.50 bits per heavy atom. The van der Waals surface area contributed by atoms with Crippen LogP contribution in [-0.4, -0.2) is 50.8 Å². The highest BCUT2D eigenvalue weighted by molar-refractivity contribution is 4.94. The van der Waals surface area contributed by atoms with Crippen LogP contribution in [0.25, 0.3) is 0 Å². The average molecular weight is 282 g/mol. The van der Waals surface area contributed by atoms with E-state index < -0.39 is 0 Å². The van der Waals surface area contributed by atoms with E-state index in [1.54, 1.807) is 0 Å². The summed E-state index contributed by atoms with van der Waals surface area (Å²) in [5.41, 5.74) is 0.533. The van der Waals surface area contributed by atoms with Gasteiger partial charge in [0, 0.05) is 32.8 Å². The molecular formula is C17H34N2O. The highest BCUT2D eigenvalue weighted by atomic mass is 16.5. The van der Waals surface area contributed by atoms with Crippen molar-refractivity contribution in [3.8, 4) is 0 Å². The van der Waals surface area contributed by atoms with E-state index in [1.807, 2.05) is 7.11 Å². The van der Waals surface area contributed by atoms with Crippen molar-refractivity contribution in [2.75, 3.05) is 39.9 Å². The average Bonchev–Trinajstić information content (AvgIpc) is 3.16. The number of ether oxygens (including phenoxy) is 1. The number of methoxy groups -OCH3 is 1. The molecule has 0 spiro atoms. The Morgan fingerprint density at radius 2 is 1.95 bits per heavy atom. The standard InChI is InChI=1S/C17H34N2O/c1-15(2)12-18-13-17(8-4-5-9-17)14-19(10-11-20-3)16-6-7-16/h15-16,18H,4-14H2,1-3H3. The van der Waals surface area contributed by atoms with E-state index in [9.17, 15) is 0 Å². The number of nitrogens with zero attached hydrogens (tertiary/aromatic N) is 1. The van der Waals surface area contributed by atoms with Gasteiger partial charge in [0.25, 0.3) is 0 Å². The molecule has 0 aromatic carbocycles. The summed E-state index contributed by atoms with van der Waals surface area (Å²) in [5, 5.41) is 3.73. The van der Waals surface area contributed by atoms with E-state index in [0.717, 1.165) is 31.7 Å². The van der Waals surface area contributed by atoms with Crippen LogP contribution < -0.4 is 5.32 Å². The van der Waals surface area contributed by atoms with Gasteiger partial charge < -0.3 is 10.1 Å². The van der Waals surface area contributed by atoms with E-state index in [0.29, 0.717) is 5.41 Å². The number of rotatable bonds is 10. The molecule has 0 heterocycles. The molecule has 0 aliphatic heterocycles. The maximum absolute atomic E-state index is 5.30. The second kappa shape index (κ2) is 7.77. The summed E-state index contributed by atoms with van der Waals surface area (Å²) in [6.07, 6.45) is 8.47. The number of hydrogen-bond donors (Lipinski definition) is 1. The van der Waals surface area contributed by atoms with Gasteiger partial charge in [0.1, 0.15) is 0 Å². The smallest absolute Gasteiger partial charge is 0.0589 e. The van der Waals surface area contributed by atoms with Gasteiger partial charge in [-0.25, -0.2) is 0 Å². The summed E-state index contributed by atoms with van der Waals surface area (Å²) in [7, 11) is 1.82. The first-order chi connectivity index (χ1) is 9.65. The van der Waals surface area contributed by atoms with Crippen LogP contribution in [0.4, 0.5) is 0 Å². The normalized spacial score (nSPS) is 22.1. The van der Waals surface area contributed by atoms with Crippen molar-refractivity contribution in [1.29, 1.82) is 0 Å². The van der Waals surface area contributed by atoms with E-state index >= 15 is 0 Å². The molecule has 3 heteroatoms. The van der Waals surface area contributed by atoms with Crippen LogP contribution in [0.1, 0.15) is 52.4 Å². The Balaban J connectivity index is 1.85. The first-order valence-corrected chi connectivity index (χ1v) is 8.59. The zero-order valence-electron chi connectivity index (χ0n) is 13.8. The molecule has 0 radical (unpaired) electrons. The van der Waals surface area contributed by atoms with Crippen molar-refractivity contribution < 1.29 is 4.74 Å². The minimum atomic E-state index is 0.533. The van der Waals surface area contributed by atoms with Crippen molar-refractivity contribution in [3.05, 3.63) is 0 Å². The molecule has 118 valence electrons. The van der Waals surface area contributed by atoms with Crippen molar-refractivity contribution in [2.24, 2.45) is 11.3 Å². The second-order valence-corrected chi connectivity index (χ2v) is 7.43. The Morgan fingerprint density at radius 1 is 1.25 bits per heavy atom. The Labute approximate surface area is 125 Å². The van der Waals surface area contributed by atoms with Crippen LogP contribution in [0.2, 0.25) is 0 Å². The Bertz CT molecular complexity index is 270. The Kier molecular flexibility index (Phi) is 6.31. The third-order valence-electron chi connectivity index (χ3n) is 4.90. The quantitative estimate of drug-likeness (QED) is 0.667. The molecule has 1 N–H and O–H groups in total. The minimum absolute atomic E-state index is 0.533.